The Balaban J connectivity index is 2.79. The number of hydrogen-bond acceptors (Lipinski definition) is 3. The standard InChI is InChI=1S/C8H9F3N2S/c9-8(10,11)7-1-6(2-12-4-7)3-13-5-14/h1-2,4,13-14H,3,5H2. The Bertz CT molecular complexity index is 301. The van der Waals surface area contributed by atoms with Gasteiger partial charge in [-0.1, -0.05) is 0 Å². The van der Waals surface area contributed by atoms with Crippen LogP contribution in [0.5, 0.6) is 0 Å². The first-order valence-corrected chi connectivity index (χ1v) is 4.50. The molecule has 1 N–H and O–H groups in total. The van der Waals surface area contributed by atoms with Crippen LogP contribution in [-0.4, -0.2) is 10.9 Å². The average Bonchev–Trinajstić information content (AvgIpc) is 2.14. The van der Waals surface area contributed by atoms with E-state index in [-0.39, 0.29) is 0 Å². The summed E-state index contributed by atoms with van der Waals surface area (Å²) < 4.78 is 36.6. The lowest BCUT2D eigenvalue weighted by atomic mass is 10.2. The number of aromatic nitrogens is 1. The molecule has 1 aromatic rings. The van der Waals surface area contributed by atoms with Gasteiger partial charge in [0.05, 0.1) is 5.56 Å². The third-order valence-electron chi connectivity index (χ3n) is 1.56. The molecule has 14 heavy (non-hydrogen) atoms. The van der Waals surface area contributed by atoms with E-state index in [1.165, 1.54) is 6.20 Å². The molecule has 0 aromatic carbocycles. The molecule has 0 spiro atoms. The zero-order chi connectivity index (χ0) is 10.6. The van der Waals surface area contributed by atoms with Crippen molar-refractivity contribution in [2.24, 2.45) is 0 Å². The Kier molecular flexibility index (Phi) is 3.77. The van der Waals surface area contributed by atoms with Crippen LogP contribution in [-0.2, 0) is 12.7 Å². The summed E-state index contributed by atoms with van der Waals surface area (Å²) >= 11 is 3.88. The maximum atomic E-state index is 12.2. The van der Waals surface area contributed by atoms with Gasteiger partial charge in [-0.3, -0.25) is 4.98 Å². The minimum atomic E-state index is -4.33. The molecule has 1 heterocycles. The van der Waals surface area contributed by atoms with Crippen LogP contribution in [0.25, 0.3) is 0 Å². The van der Waals surface area contributed by atoms with Crippen LogP contribution in [0, 0.1) is 0 Å². The normalized spacial score (nSPS) is 11.7. The largest absolute Gasteiger partial charge is 0.417 e. The predicted octanol–water partition coefficient (Wildman–Crippen LogP) is 2.08. The van der Waals surface area contributed by atoms with Gasteiger partial charge < -0.3 is 5.32 Å². The number of nitrogens with one attached hydrogen (secondary N) is 1. The second-order valence-corrected chi connectivity index (χ2v) is 2.98. The molecule has 0 atom stereocenters. The van der Waals surface area contributed by atoms with E-state index in [0.717, 1.165) is 12.3 Å². The van der Waals surface area contributed by atoms with Gasteiger partial charge >= 0.3 is 6.18 Å². The molecule has 0 aliphatic rings. The van der Waals surface area contributed by atoms with Crippen molar-refractivity contribution >= 4 is 12.6 Å². The average molecular weight is 222 g/mol. The lowest BCUT2D eigenvalue weighted by Gasteiger charge is -2.07. The lowest BCUT2D eigenvalue weighted by Crippen LogP contribution is -2.12. The van der Waals surface area contributed by atoms with Gasteiger partial charge in [0.15, 0.2) is 0 Å². The van der Waals surface area contributed by atoms with E-state index in [1.54, 1.807) is 0 Å². The molecule has 0 bridgehead atoms. The summed E-state index contributed by atoms with van der Waals surface area (Å²) in [5.74, 6) is 0.413. The maximum absolute atomic E-state index is 12.2. The van der Waals surface area contributed by atoms with Crippen molar-refractivity contribution in [2.75, 3.05) is 5.88 Å². The summed E-state index contributed by atoms with van der Waals surface area (Å²) in [6.45, 7) is 0.334. The first-order chi connectivity index (χ1) is 6.54. The molecule has 0 aliphatic heterocycles. The fourth-order valence-corrected chi connectivity index (χ4v) is 1.05. The van der Waals surface area contributed by atoms with Gasteiger partial charge in [-0.15, -0.1) is 0 Å². The smallest absolute Gasteiger partial charge is 0.304 e. The molecular formula is C8H9F3N2S. The van der Waals surface area contributed by atoms with Crippen LogP contribution >= 0.6 is 12.6 Å². The predicted molar refractivity (Wildman–Crippen MR) is 49.9 cm³/mol. The van der Waals surface area contributed by atoms with Crippen LogP contribution in [0.1, 0.15) is 11.1 Å². The number of nitrogens with zero attached hydrogens (tertiary/aromatic N) is 1. The van der Waals surface area contributed by atoms with Crippen molar-refractivity contribution in [3.63, 3.8) is 0 Å². The van der Waals surface area contributed by atoms with Gasteiger partial charge in [0, 0.05) is 24.8 Å². The number of thiol groups is 1. The minimum Gasteiger partial charge on any atom is -0.304 e. The van der Waals surface area contributed by atoms with Gasteiger partial charge in [0.2, 0.25) is 0 Å². The number of hydrogen-bond donors (Lipinski definition) is 2. The van der Waals surface area contributed by atoms with E-state index in [9.17, 15) is 13.2 Å². The van der Waals surface area contributed by atoms with Gasteiger partial charge in [0.1, 0.15) is 0 Å². The Morgan fingerprint density at radius 3 is 2.64 bits per heavy atom. The Morgan fingerprint density at radius 2 is 2.07 bits per heavy atom. The Morgan fingerprint density at radius 1 is 1.36 bits per heavy atom. The Labute approximate surface area is 84.9 Å². The highest BCUT2D eigenvalue weighted by Gasteiger charge is 2.30. The van der Waals surface area contributed by atoms with Crippen LogP contribution in [0.3, 0.4) is 0 Å². The second-order valence-electron chi connectivity index (χ2n) is 2.66. The molecule has 1 aromatic heterocycles. The molecule has 0 unspecified atom stereocenters. The monoisotopic (exact) mass is 222 g/mol. The van der Waals surface area contributed by atoms with Crippen molar-refractivity contribution < 1.29 is 13.2 Å². The van der Waals surface area contributed by atoms with Gasteiger partial charge in [-0.25, -0.2) is 0 Å². The molecule has 78 valence electrons. The van der Waals surface area contributed by atoms with Crippen molar-refractivity contribution in [1.29, 1.82) is 0 Å². The zero-order valence-electron chi connectivity index (χ0n) is 7.17. The van der Waals surface area contributed by atoms with E-state index in [0.29, 0.717) is 18.0 Å². The van der Waals surface area contributed by atoms with Crippen LogP contribution in [0.2, 0.25) is 0 Å². The summed E-state index contributed by atoms with van der Waals surface area (Å²) in [5, 5.41) is 2.80. The molecule has 2 nitrogen and oxygen atoms in total. The Hall–Kier alpha value is -0.750. The fourth-order valence-electron chi connectivity index (χ4n) is 0.940. The lowest BCUT2D eigenvalue weighted by molar-refractivity contribution is -0.137. The summed E-state index contributed by atoms with van der Waals surface area (Å²) in [6.07, 6.45) is -2.13. The van der Waals surface area contributed by atoms with E-state index in [2.05, 4.69) is 22.9 Å². The molecule has 0 amide bonds. The highest BCUT2D eigenvalue weighted by atomic mass is 32.1. The van der Waals surface area contributed by atoms with Crippen molar-refractivity contribution in [3.05, 3.63) is 29.6 Å². The summed E-state index contributed by atoms with van der Waals surface area (Å²) in [5.41, 5.74) is -0.232. The van der Waals surface area contributed by atoms with Gasteiger partial charge in [0.25, 0.3) is 0 Å². The molecule has 0 saturated heterocycles. The van der Waals surface area contributed by atoms with E-state index >= 15 is 0 Å². The summed E-state index contributed by atoms with van der Waals surface area (Å²) in [4.78, 5) is 3.52. The molecule has 0 saturated carbocycles. The molecule has 0 fully saturated rings. The molecule has 1 rings (SSSR count). The van der Waals surface area contributed by atoms with Gasteiger partial charge in [-0.2, -0.15) is 25.8 Å². The highest BCUT2D eigenvalue weighted by Crippen LogP contribution is 2.28. The topological polar surface area (TPSA) is 24.9 Å². The SMILES string of the molecule is FC(F)(F)c1cncc(CNCS)c1. The molecule has 0 aliphatic carbocycles. The van der Waals surface area contributed by atoms with E-state index < -0.39 is 11.7 Å². The minimum absolute atomic E-state index is 0.334. The van der Waals surface area contributed by atoms with E-state index in [1.807, 2.05) is 0 Å². The number of pyridine rings is 1. The molecule has 6 heteroatoms. The number of rotatable bonds is 3. The maximum Gasteiger partial charge on any atom is 0.417 e. The van der Waals surface area contributed by atoms with Crippen molar-refractivity contribution in [2.45, 2.75) is 12.7 Å². The summed E-state index contributed by atoms with van der Waals surface area (Å²) in [6, 6.07) is 1.07. The summed E-state index contributed by atoms with van der Waals surface area (Å²) in [7, 11) is 0. The fraction of sp³-hybridized carbons (Fsp3) is 0.375. The third-order valence-corrected chi connectivity index (χ3v) is 1.79. The van der Waals surface area contributed by atoms with Gasteiger partial charge in [-0.05, 0) is 11.6 Å². The second kappa shape index (κ2) is 4.65. The van der Waals surface area contributed by atoms with Crippen LogP contribution in [0.4, 0.5) is 13.2 Å². The van der Waals surface area contributed by atoms with Crippen LogP contribution in [0.15, 0.2) is 18.5 Å². The van der Waals surface area contributed by atoms with E-state index in [4.69, 9.17) is 0 Å². The van der Waals surface area contributed by atoms with Crippen molar-refractivity contribution in [1.82, 2.24) is 10.3 Å². The molecular weight excluding hydrogens is 213 g/mol. The first-order valence-electron chi connectivity index (χ1n) is 3.86. The van der Waals surface area contributed by atoms with Crippen molar-refractivity contribution in [3.8, 4) is 0 Å². The number of halogens is 3. The van der Waals surface area contributed by atoms with Crippen LogP contribution < -0.4 is 5.32 Å². The quantitative estimate of drug-likeness (QED) is 0.604. The zero-order valence-corrected chi connectivity index (χ0v) is 8.07. The molecule has 0 radical (unpaired) electrons. The number of alkyl halides is 3. The first kappa shape index (κ1) is 11.3. The highest BCUT2D eigenvalue weighted by molar-refractivity contribution is 7.80. The third kappa shape index (κ3) is 3.19.